The van der Waals surface area contributed by atoms with Gasteiger partial charge in [0.2, 0.25) is 0 Å². The average molecular weight is 152 g/mol. The molecule has 0 aromatic heterocycles. The van der Waals surface area contributed by atoms with E-state index in [0.29, 0.717) is 5.41 Å². The van der Waals surface area contributed by atoms with Gasteiger partial charge in [0.1, 0.15) is 0 Å². The third-order valence-electron chi connectivity index (χ3n) is 3.20. The summed E-state index contributed by atoms with van der Waals surface area (Å²) in [5.74, 6) is 0. The number of hydrogen-bond donors (Lipinski definition) is 0. The third kappa shape index (κ3) is 2.08. The minimum atomic E-state index is 0.701. The Kier molecular flexibility index (Phi) is 3.16. The van der Waals surface area contributed by atoms with Crippen LogP contribution in [0.2, 0.25) is 0 Å². The predicted molar refractivity (Wildman–Crippen MR) is 50.6 cm³/mol. The van der Waals surface area contributed by atoms with Crippen LogP contribution in [0.3, 0.4) is 0 Å². The van der Waals surface area contributed by atoms with Crippen LogP contribution in [-0.4, -0.2) is 0 Å². The summed E-state index contributed by atoms with van der Waals surface area (Å²) in [5.41, 5.74) is 0.701. The van der Waals surface area contributed by atoms with Gasteiger partial charge in [0.05, 0.1) is 0 Å². The molecule has 0 bridgehead atoms. The van der Waals surface area contributed by atoms with Gasteiger partial charge in [-0.05, 0) is 31.6 Å². The Hall–Kier alpha value is -0.260. The molecule has 1 rings (SSSR count). The van der Waals surface area contributed by atoms with Crippen LogP contribution in [-0.2, 0) is 0 Å². The first kappa shape index (κ1) is 8.83. The molecule has 0 aromatic rings. The fourth-order valence-corrected chi connectivity index (χ4v) is 2.19. The van der Waals surface area contributed by atoms with E-state index in [0.717, 1.165) is 0 Å². The molecule has 0 aromatic carbocycles. The van der Waals surface area contributed by atoms with E-state index in [1.54, 1.807) is 0 Å². The molecular weight excluding hydrogens is 132 g/mol. The summed E-state index contributed by atoms with van der Waals surface area (Å²) in [7, 11) is 0. The van der Waals surface area contributed by atoms with E-state index in [1.807, 2.05) is 0 Å². The summed E-state index contributed by atoms with van der Waals surface area (Å²) >= 11 is 0. The molecule has 1 fully saturated rings. The Labute approximate surface area is 70.7 Å². The number of rotatable bonds is 3. The Morgan fingerprint density at radius 3 is 2.36 bits per heavy atom. The Balaban J connectivity index is 2.45. The standard InChI is InChI=1S/C11H20/c1-3-5-8-11(4-2)9-6-7-10-11/h3,5H,4,6-10H2,1-2H3. The van der Waals surface area contributed by atoms with E-state index in [9.17, 15) is 0 Å². The fourth-order valence-electron chi connectivity index (χ4n) is 2.19. The molecule has 0 heterocycles. The number of hydrogen-bond acceptors (Lipinski definition) is 0. The molecule has 0 heteroatoms. The molecular formula is C11H20. The van der Waals surface area contributed by atoms with Crippen molar-refractivity contribution in [1.29, 1.82) is 0 Å². The van der Waals surface area contributed by atoms with Crippen molar-refractivity contribution in [3.63, 3.8) is 0 Å². The lowest BCUT2D eigenvalue weighted by Gasteiger charge is -2.25. The van der Waals surface area contributed by atoms with E-state index in [-0.39, 0.29) is 0 Å². The van der Waals surface area contributed by atoms with Crippen molar-refractivity contribution in [1.82, 2.24) is 0 Å². The second-order valence-corrected chi connectivity index (χ2v) is 3.83. The van der Waals surface area contributed by atoms with Crippen molar-refractivity contribution < 1.29 is 0 Å². The van der Waals surface area contributed by atoms with Crippen LogP contribution in [0.1, 0.15) is 52.4 Å². The van der Waals surface area contributed by atoms with E-state index in [2.05, 4.69) is 26.0 Å². The van der Waals surface area contributed by atoms with E-state index in [4.69, 9.17) is 0 Å². The zero-order valence-electron chi connectivity index (χ0n) is 7.90. The molecule has 1 aliphatic rings. The minimum Gasteiger partial charge on any atom is -0.0916 e. The van der Waals surface area contributed by atoms with Gasteiger partial charge in [-0.2, -0.15) is 0 Å². The first-order valence-corrected chi connectivity index (χ1v) is 4.94. The monoisotopic (exact) mass is 152 g/mol. The summed E-state index contributed by atoms with van der Waals surface area (Å²) in [4.78, 5) is 0. The average Bonchev–Trinajstić information content (AvgIpc) is 2.50. The Morgan fingerprint density at radius 2 is 1.91 bits per heavy atom. The van der Waals surface area contributed by atoms with Crippen molar-refractivity contribution in [2.75, 3.05) is 0 Å². The minimum absolute atomic E-state index is 0.701. The lowest BCUT2D eigenvalue weighted by Crippen LogP contribution is -2.13. The summed E-state index contributed by atoms with van der Waals surface area (Å²) in [6.45, 7) is 4.47. The first-order chi connectivity index (χ1) is 5.33. The lowest BCUT2D eigenvalue weighted by molar-refractivity contribution is 0.288. The second kappa shape index (κ2) is 3.94. The second-order valence-electron chi connectivity index (χ2n) is 3.83. The van der Waals surface area contributed by atoms with Gasteiger partial charge in [0, 0.05) is 0 Å². The van der Waals surface area contributed by atoms with Crippen LogP contribution in [0.15, 0.2) is 12.2 Å². The van der Waals surface area contributed by atoms with Gasteiger partial charge in [-0.1, -0.05) is 38.3 Å². The molecule has 0 nitrogen and oxygen atoms in total. The highest BCUT2D eigenvalue weighted by Crippen LogP contribution is 2.43. The quantitative estimate of drug-likeness (QED) is 0.538. The number of allylic oxidation sites excluding steroid dienone is 2. The van der Waals surface area contributed by atoms with Crippen LogP contribution in [0, 0.1) is 5.41 Å². The lowest BCUT2D eigenvalue weighted by atomic mass is 9.80. The summed E-state index contributed by atoms with van der Waals surface area (Å²) in [5, 5.41) is 0. The highest BCUT2D eigenvalue weighted by atomic mass is 14.3. The zero-order chi connectivity index (χ0) is 8.16. The van der Waals surface area contributed by atoms with Crippen LogP contribution in [0.4, 0.5) is 0 Å². The van der Waals surface area contributed by atoms with Crippen molar-refractivity contribution >= 4 is 0 Å². The van der Waals surface area contributed by atoms with Crippen molar-refractivity contribution in [2.24, 2.45) is 5.41 Å². The summed E-state index contributed by atoms with van der Waals surface area (Å²) in [6, 6.07) is 0. The molecule has 0 unspecified atom stereocenters. The molecule has 0 aliphatic heterocycles. The van der Waals surface area contributed by atoms with Crippen molar-refractivity contribution in [3.05, 3.63) is 12.2 Å². The van der Waals surface area contributed by atoms with Crippen molar-refractivity contribution in [2.45, 2.75) is 52.4 Å². The molecule has 0 spiro atoms. The maximum atomic E-state index is 2.34. The topological polar surface area (TPSA) is 0 Å². The molecule has 64 valence electrons. The zero-order valence-corrected chi connectivity index (χ0v) is 7.90. The molecule has 1 aliphatic carbocycles. The van der Waals surface area contributed by atoms with Gasteiger partial charge in [-0.3, -0.25) is 0 Å². The van der Waals surface area contributed by atoms with E-state index < -0.39 is 0 Å². The van der Waals surface area contributed by atoms with Gasteiger partial charge in [-0.25, -0.2) is 0 Å². The van der Waals surface area contributed by atoms with E-state index in [1.165, 1.54) is 38.5 Å². The molecule has 0 atom stereocenters. The van der Waals surface area contributed by atoms with Gasteiger partial charge in [0.15, 0.2) is 0 Å². The smallest absolute Gasteiger partial charge is 0.0266 e. The normalized spacial score (nSPS) is 23.1. The highest BCUT2D eigenvalue weighted by molar-refractivity contribution is 4.91. The van der Waals surface area contributed by atoms with Crippen LogP contribution in [0.25, 0.3) is 0 Å². The highest BCUT2D eigenvalue weighted by Gasteiger charge is 2.30. The van der Waals surface area contributed by atoms with Gasteiger partial charge in [0.25, 0.3) is 0 Å². The molecule has 0 N–H and O–H groups in total. The van der Waals surface area contributed by atoms with Crippen LogP contribution >= 0.6 is 0 Å². The van der Waals surface area contributed by atoms with Crippen LogP contribution < -0.4 is 0 Å². The fraction of sp³-hybridized carbons (Fsp3) is 0.818. The summed E-state index contributed by atoms with van der Waals surface area (Å²) in [6.07, 6.45) is 13.1. The van der Waals surface area contributed by atoms with E-state index >= 15 is 0 Å². The molecule has 0 amide bonds. The van der Waals surface area contributed by atoms with Crippen molar-refractivity contribution in [3.8, 4) is 0 Å². The molecule has 1 saturated carbocycles. The summed E-state index contributed by atoms with van der Waals surface area (Å²) < 4.78 is 0. The third-order valence-corrected chi connectivity index (χ3v) is 3.20. The maximum absolute atomic E-state index is 2.34. The SMILES string of the molecule is CC=CCC1(CC)CCCC1. The van der Waals surface area contributed by atoms with Crippen LogP contribution in [0.5, 0.6) is 0 Å². The Bertz CT molecular complexity index is 127. The van der Waals surface area contributed by atoms with Gasteiger partial charge < -0.3 is 0 Å². The Morgan fingerprint density at radius 1 is 1.27 bits per heavy atom. The molecule has 11 heavy (non-hydrogen) atoms. The maximum Gasteiger partial charge on any atom is -0.0266 e. The van der Waals surface area contributed by atoms with Gasteiger partial charge in [-0.15, -0.1) is 0 Å². The molecule has 0 radical (unpaired) electrons. The predicted octanol–water partition coefficient (Wildman–Crippen LogP) is 3.92. The largest absolute Gasteiger partial charge is 0.0916 e. The van der Waals surface area contributed by atoms with Gasteiger partial charge >= 0.3 is 0 Å². The molecule has 0 saturated heterocycles. The first-order valence-electron chi connectivity index (χ1n) is 4.94.